The minimum Gasteiger partial charge on any atom is -0.476 e. The maximum atomic E-state index is 12.7. The van der Waals surface area contributed by atoms with Crippen molar-refractivity contribution in [1.29, 1.82) is 0 Å². The minimum atomic E-state index is -1.07. The van der Waals surface area contributed by atoms with Crippen molar-refractivity contribution in [2.45, 2.75) is 52.7 Å². The Morgan fingerprint density at radius 1 is 1.33 bits per heavy atom. The molecule has 1 aliphatic rings. The van der Waals surface area contributed by atoms with Gasteiger partial charge in [-0.15, -0.1) is 0 Å². The predicted molar refractivity (Wildman–Crippen MR) is 91.4 cm³/mol. The van der Waals surface area contributed by atoms with E-state index in [1.54, 1.807) is 32.0 Å². The van der Waals surface area contributed by atoms with Gasteiger partial charge in [-0.3, -0.25) is 19.3 Å². The summed E-state index contributed by atoms with van der Waals surface area (Å²) in [6.45, 7) is 8.56. The van der Waals surface area contributed by atoms with E-state index in [1.165, 1.54) is 11.8 Å². The van der Waals surface area contributed by atoms with E-state index in [0.29, 0.717) is 17.0 Å². The smallest absolute Gasteiger partial charge is 0.271 e. The molecule has 1 aliphatic heterocycles. The number of Topliss-reactive ketones (excluding diaryl/α,β-unsaturated/α-hetero) is 1. The van der Waals surface area contributed by atoms with Gasteiger partial charge in [0.2, 0.25) is 5.91 Å². The Bertz CT molecular complexity index is 682. The fraction of sp³-hybridized carbons (Fsp3) is 0.500. The normalized spacial score (nSPS) is 16.9. The molecule has 1 N–H and O–H groups in total. The molecule has 1 heterocycles. The standard InChI is InChI=1S/C18H24N2O4/c1-6-11(2)19-16(22)10-20-14-9-13(12(3)21)7-8-15(14)24-18(4,5)17(20)23/h7-9,11H,6,10H2,1-5H3,(H,19,22). The van der Waals surface area contributed by atoms with E-state index in [4.69, 9.17) is 4.74 Å². The second-order valence-corrected chi connectivity index (χ2v) is 6.62. The molecule has 0 saturated carbocycles. The average molecular weight is 332 g/mol. The van der Waals surface area contributed by atoms with Crippen LogP contribution >= 0.6 is 0 Å². The summed E-state index contributed by atoms with van der Waals surface area (Å²) in [5.74, 6) is -0.176. The molecule has 0 saturated heterocycles. The van der Waals surface area contributed by atoms with Crippen LogP contribution in [0.3, 0.4) is 0 Å². The molecule has 0 radical (unpaired) electrons. The van der Waals surface area contributed by atoms with Crippen molar-refractivity contribution < 1.29 is 19.1 Å². The zero-order valence-corrected chi connectivity index (χ0v) is 14.8. The Morgan fingerprint density at radius 3 is 2.58 bits per heavy atom. The predicted octanol–water partition coefficient (Wildman–Crippen LogP) is 2.31. The lowest BCUT2D eigenvalue weighted by Crippen LogP contribution is -2.55. The SMILES string of the molecule is CCC(C)NC(=O)CN1C(=O)C(C)(C)Oc2ccc(C(C)=O)cc21. The van der Waals surface area contributed by atoms with Crippen LogP contribution in [0.1, 0.15) is 51.4 Å². The van der Waals surface area contributed by atoms with E-state index in [2.05, 4.69) is 5.32 Å². The summed E-state index contributed by atoms with van der Waals surface area (Å²) >= 11 is 0. The molecule has 2 rings (SSSR count). The summed E-state index contributed by atoms with van der Waals surface area (Å²) < 4.78 is 5.75. The molecule has 6 nitrogen and oxygen atoms in total. The second kappa shape index (κ2) is 6.63. The largest absolute Gasteiger partial charge is 0.476 e. The van der Waals surface area contributed by atoms with Crippen LogP contribution in [0, 0.1) is 0 Å². The molecule has 1 aromatic rings. The van der Waals surface area contributed by atoms with Crippen molar-refractivity contribution in [3.63, 3.8) is 0 Å². The van der Waals surface area contributed by atoms with Crippen LogP contribution in [0.5, 0.6) is 5.75 Å². The van der Waals surface area contributed by atoms with Crippen LogP contribution in [0.4, 0.5) is 5.69 Å². The number of rotatable bonds is 5. The fourth-order valence-electron chi connectivity index (χ4n) is 2.51. The van der Waals surface area contributed by atoms with Crippen molar-refractivity contribution in [2.75, 3.05) is 11.4 Å². The first-order valence-electron chi connectivity index (χ1n) is 8.11. The van der Waals surface area contributed by atoms with Gasteiger partial charge >= 0.3 is 0 Å². The third kappa shape index (κ3) is 3.58. The van der Waals surface area contributed by atoms with Crippen molar-refractivity contribution >= 4 is 23.3 Å². The van der Waals surface area contributed by atoms with Crippen LogP contribution in [0.15, 0.2) is 18.2 Å². The first kappa shape index (κ1) is 18.0. The number of ketones is 1. The third-order valence-electron chi connectivity index (χ3n) is 4.10. The zero-order chi connectivity index (χ0) is 18.1. The van der Waals surface area contributed by atoms with Gasteiger partial charge in [0.05, 0.1) is 5.69 Å². The highest BCUT2D eigenvalue weighted by Crippen LogP contribution is 2.38. The highest BCUT2D eigenvalue weighted by Gasteiger charge is 2.41. The van der Waals surface area contributed by atoms with Crippen molar-refractivity contribution in [2.24, 2.45) is 0 Å². The Kier molecular flexibility index (Phi) is 4.96. The van der Waals surface area contributed by atoms with Gasteiger partial charge in [0, 0.05) is 11.6 Å². The van der Waals surface area contributed by atoms with Gasteiger partial charge in [0.25, 0.3) is 5.91 Å². The number of amides is 2. The van der Waals surface area contributed by atoms with Crippen LogP contribution < -0.4 is 15.0 Å². The van der Waals surface area contributed by atoms with Gasteiger partial charge in [-0.2, -0.15) is 0 Å². The molecule has 0 aromatic heterocycles. The van der Waals surface area contributed by atoms with E-state index in [9.17, 15) is 14.4 Å². The number of carbonyl (C=O) groups excluding carboxylic acids is 3. The molecule has 2 amide bonds. The van der Waals surface area contributed by atoms with E-state index in [-0.39, 0.29) is 30.2 Å². The van der Waals surface area contributed by atoms with Gasteiger partial charge in [0.15, 0.2) is 11.4 Å². The maximum Gasteiger partial charge on any atom is 0.271 e. The Hall–Kier alpha value is -2.37. The summed E-state index contributed by atoms with van der Waals surface area (Å²) in [5, 5.41) is 2.85. The molecule has 1 aromatic carbocycles. The molecule has 1 atom stereocenters. The van der Waals surface area contributed by atoms with Gasteiger partial charge in [-0.25, -0.2) is 0 Å². The van der Waals surface area contributed by atoms with Gasteiger partial charge in [-0.1, -0.05) is 6.92 Å². The van der Waals surface area contributed by atoms with Crippen molar-refractivity contribution in [3.8, 4) is 5.75 Å². The molecule has 0 aliphatic carbocycles. The number of ether oxygens (including phenoxy) is 1. The summed E-state index contributed by atoms with van der Waals surface area (Å²) in [6.07, 6.45) is 0.805. The van der Waals surface area contributed by atoms with E-state index in [1.807, 2.05) is 13.8 Å². The lowest BCUT2D eigenvalue weighted by Gasteiger charge is -2.38. The lowest BCUT2D eigenvalue weighted by molar-refractivity contribution is -0.134. The second-order valence-electron chi connectivity index (χ2n) is 6.62. The number of nitrogens with one attached hydrogen (secondary N) is 1. The van der Waals surface area contributed by atoms with Crippen molar-refractivity contribution in [3.05, 3.63) is 23.8 Å². The number of carbonyl (C=O) groups is 3. The highest BCUT2D eigenvalue weighted by molar-refractivity contribution is 6.07. The Balaban J connectivity index is 2.38. The summed E-state index contributed by atoms with van der Waals surface area (Å²) in [7, 11) is 0. The average Bonchev–Trinajstić information content (AvgIpc) is 2.50. The number of nitrogens with zero attached hydrogens (tertiary/aromatic N) is 1. The number of hydrogen-bond acceptors (Lipinski definition) is 4. The first-order valence-corrected chi connectivity index (χ1v) is 8.11. The lowest BCUT2D eigenvalue weighted by atomic mass is 10.0. The monoisotopic (exact) mass is 332 g/mol. The van der Waals surface area contributed by atoms with Crippen LogP contribution in [-0.2, 0) is 9.59 Å². The topological polar surface area (TPSA) is 75.7 Å². The molecule has 24 heavy (non-hydrogen) atoms. The third-order valence-corrected chi connectivity index (χ3v) is 4.10. The molecular weight excluding hydrogens is 308 g/mol. The first-order chi connectivity index (χ1) is 11.2. The highest BCUT2D eigenvalue weighted by atomic mass is 16.5. The quantitative estimate of drug-likeness (QED) is 0.840. The van der Waals surface area contributed by atoms with Gasteiger partial charge in [-0.05, 0) is 52.3 Å². The summed E-state index contributed by atoms with van der Waals surface area (Å²) in [6, 6.07) is 4.95. The molecule has 1 unspecified atom stereocenters. The van der Waals surface area contributed by atoms with E-state index in [0.717, 1.165) is 6.42 Å². The molecular formula is C18H24N2O4. The maximum absolute atomic E-state index is 12.7. The van der Waals surface area contributed by atoms with Gasteiger partial charge < -0.3 is 10.1 Å². The molecule has 130 valence electrons. The van der Waals surface area contributed by atoms with Crippen LogP contribution in [0.25, 0.3) is 0 Å². The fourth-order valence-corrected chi connectivity index (χ4v) is 2.51. The molecule has 0 fully saturated rings. The van der Waals surface area contributed by atoms with E-state index >= 15 is 0 Å². The zero-order valence-electron chi connectivity index (χ0n) is 14.8. The van der Waals surface area contributed by atoms with Gasteiger partial charge in [0.1, 0.15) is 12.3 Å². The molecule has 0 bridgehead atoms. The van der Waals surface area contributed by atoms with Crippen LogP contribution in [0.2, 0.25) is 0 Å². The molecule has 6 heteroatoms. The number of anilines is 1. The summed E-state index contributed by atoms with van der Waals surface area (Å²) in [4.78, 5) is 38.0. The Labute approximate surface area is 142 Å². The minimum absolute atomic E-state index is 0.0321. The summed E-state index contributed by atoms with van der Waals surface area (Å²) in [5.41, 5.74) is -0.148. The molecule has 0 spiro atoms. The Morgan fingerprint density at radius 2 is 2.00 bits per heavy atom. The van der Waals surface area contributed by atoms with Crippen molar-refractivity contribution in [1.82, 2.24) is 5.32 Å². The number of benzene rings is 1. The number of hydrogen-bond donors (Lipinski definition) is 1. The number of fused-ring (bicyclic) bond motifs is 1. The van der Waals surface area contributed by atoms with Crippen LogP contribution in [-0.4, -0.2) is 35.8 Å². The van der Waals surface area contributed by atoms with E-state index < -0.39 is 5.60 Å².